The van der Waals surface area contributed by atoms with Crippen molar-refractivity contribution in [3.05, 3.63) is 48.5 Å². The van der Waals surface area contributed by atoms with E-state index in [0.717, 1.165) is 33.5 Å². The van der Waals surface area contributed by atoms with Gasteiger partial charge in [0.15, 0.2) is 0 Å². The molecule has 3 rings (SSSR count). The van der Waals surface area contributed by atoms with Crippen LogP contribution in [0.1, 0.15) is 13.8 Å². The zero-order valence-corrected chi connectivity index (χ0v) is 16.0. The number of aromatic nitrogens is 1. The highest BCUT2D eigenvalue weighted by atomic mass is 16.4. The molecule has 156 valence electrons. The molecule has 9 nitrogen and oxygen atoms in total. The van der Waals surface area contributed by atoms with Gasteiger partial charge in [-0.2, -0.15) is 0 Å². The first-order valence-corrected chi connectivity index (χ1v) is 8.57. The SMILES string of the molecule is CC(O)C(=O)O.CC(O)C(=O)O.Nc1ccc(-c2cc3ccc(N)cc3[nH]2)cc1. The molecule has 2 unspecified atom stereocenters. The van der Waals surface area contributed by atoms with Crippen molar-refractivity contribution in [2.24, 2.45) is 0 Å². The molecular formula is C20H25N3O6. The second-order valence-corrected chi connectivity index (χ2v) is 6.18. The first-order chi connectivity index (χ1) is 13.5. The lowest BCUT2D eigenvalue weighted by Crippen LogP contribution is -2.13. The summed E-state index contributed by atoms with van der Waals surface area (Å²) in [6.07, 6.45) is -2.46. The number of anilines is 2. The summed E-state index contributed by atoms with van der Waals surface area (Å²) in [5, 5.41) is 32.7. The van der Waals surface area contributed by atoms with E-state index < -0.39 is 24.1 Å². The highest BCUT2D eigenvalue weighted by molar-refractivity contribution is 5.88. The fourth-order valence-electron chi connectivity index (χ4n) is 1.96. The van der Waals surface area contributed by atoms with Crippen LogP contribution in [0.4, 0.5) is 11.4 Å². The van der Waals surface area contributed by atoms with Gasteiger partial charge >= 0.3 is 11.9 Å². The lowest BCUT2D eigenvalue weighted by atomic mass is 10.1. The quantitative estimate of drug-likeness (QED) is 0.323. The van der Waals surface area contributed by atoms with Gasteiger partial charge in [0.05, 0.1) is 0 Å². The molecule has 0 aliphatic rings. The summed E-state index contributed by atoms with van der Waals surface area (Å²) in [6.45, 7) is 2.39. The lowest BCUT2D eigenvalue weighted by Gasteiger charge is -1.98. The second-order valence-electron chi connectivity index (χ2n) is 6.18. The third-order valence-corrected chi connectivity index (χ3v) is 3.58. The second kappa shape index (κ2) is 10.7. The number of carboxylic acids is 2. The van der Waals surface area contributed by atoms with Gasteiger partial charge in [0, 0.05) is 28.0 Å². The first kappa shape index (κ1) is 23.5. The van der Waals surface area contributed by atoms with E-state index in [1.54, 1.807) is 0 Å². The Labute approximate surface area is 167 Å². The monoisotopic (exact) mass is 403 g/mol. The van der Waals surface area contributed by atoms with Gasteiger partial charge in [0.25, 0.3) is 0 Å². The Kier molecular flexibility index (Phi) is 8.66. The summed E-state index contributed by atoms with van der Waals surface area (Å²) in [5.74, 6) is -2.37. The van der Waals surface area contributed by atoms with Crippen molar-refractivity contribution in [2.75, 3.05) is 11.5 Å². The van der Waals surface area contributed by atoms with Crippen LogP contribution >= 0.6 is 0 Å². The number of aromatic amines is 1. The number of carboxylic acid groups (broad SMARTS) is 2. The number of hydrogen-bond acceptors (Lipinski definition) is 6. The molecule has 29 heavy (non-hydrogen) atoms. The third-order valence-electron chi connectivity index (χ3n) is 3.58. The van der Waals surface area contributed by atoms with Crippen LogP contribution in [-0.2, 0) is 9.59 Å². The van der Waals surface area contributed by atoms with Gasteiger partial charge in [0.1, 0.15) is 12.2 Å². The Morgan fingerprint density at radius 2 is 1.28 bits per heavy atom. The number of nitrogens with two attached hydrogens (primary N) is 2. The number of carbonyl (C=O) groups is 2. The van der Waals surface area contributed by atoms with Gasteiger partial charge in [-0.15, -0.1) is 0 Å². The zero-order chi connectivity index (χ0) is 22.1. The highest BCUT2D eigenvalue weighted by Gasteiger charge is 2.03. The summed E-state index contributed by atoms with van der Waals surface area (Å²) < 4.78 is 0. The smallest absolute Gasteiger partial charge is 0.332 e. The van der Waals surface area contributed by atoms with Crippen molar-refractivity contribution >= 4 is 34.2 Å². The van der Waals surface area contributed by atoms with Crippen LogP contribution in [0, 0.1) is 0 Å². The van der Waals surface area contributed by atoms with Gasteiger partial charge in [-0.05, 0) is 49.7 Å². The van der Waals surface area contributed by atoms with Crippen LogP contribution < -0.4 is 11.5 Å². The van der Waals surface area contributed by atoms with Crippen molar-refractivity contribution < 1.29 is 30.0 Å². The molecule has 0 saturated heterocycles. The average molecular weight is 403 g/mol. The summed E-state index contributed by atoms with van der Waals surface area (Å²) in [5.41, 5.74) is 16.2. The van der Waals surface area contributed by atoms with E-state index in [-0.39, 0.29) is 0 Å². The standard InChI is InChI=1S/C14H13N3.2C3H6O3/c15-11-4-1-9(2-5-11)13-7-10-3-6-12(16)8-14(10)17-13;2*1-2(4)3(5)6/h1-8,17H,15-16H2;2*2,4H,1H3,(H,5,6). The maximum absolute atomic E-state index is 9.45. The van der Waals surface area contributed by atoms with E-state index in [9.17, 15) is 9.59 Å². The molecule has 3 aromatic rings. The summed E-state index contributed by atoms with van der Waals surface area (Å²) in [4.78, 5) is 22.2. The van der Waals surface area contributed by atoms with Crippen LogP contribution in [-0.4, -0.2) is 49.6 Å². The molecule has 0 saturated carbocycles. The van der Waals surface area contributed by atoms with Crippen LogP contribution in [0.5, 0.6) is 0 Å². The Morgan fingerprint density at radius 1 is 0.828 bits per heavy atom. The molecule has 0 fully saturated rings. The normalized spacial score (nSPS) is 12.0. The molecule has 0 spiro atoms. The van der Waals surface area contributed by atoms with Gasteiger partial charge in [-0.1, -0.05) is 18.2 Å². The molecule has 0 amide bonds. The molecule has 9 N–H and O–H groups in total. The van der Waals surface area contributed by atoms with Crippen LogP contribution in [0.25, 0.3) is 22.2 Å². The molecular weight excluding hydrogens is 378 g/mol. The predicted molar refractivity (Wildman–Crippen MR) is 111 cm³/mol. The Balaban J connectivity index is 0.000000293. The highest BCUT2D eigenvalue weighted by Crippen LogP contribution is 2.25. The van der Waals surface area contributed by atoms with Gasteiger partial charge in [0.2, 0.25) is 0 Å². The molecule has 9 heteroatoms. The van der Waals surface area contributed by atoms with Crippen molar-refractivity contribution in [3.8, 4) is 11.3 Å². The molecule has 2 aromatic carbocycles. The van der Waals surface area contributed by atoms with Crippen molar-refractivity contribution in [1.82, 2.24) is 4.98 Å². The van der Waals surface area contributed by atoms with Crippen molar-refractivity contribution in [1.29, 1.82) is 0 Å². The lowest BCUT2D eigenvalue weighted by molar-refractivity contribution is -0.146. The number of nitrogen functional groups attached to an aromatic ring is 2. The Hall–Kier alpha value is -3.56. The van der Waals surface area contributed by atoms with Crippen LogP contribution in [0.2, 0.25) is 0 Å². The number of nitrogens with one attached hydrogen (secondary N) is 1. The molecule has 0 radical (unpaired) electrons. The Bertz CT molecular complexity index is 931. The minimum Gasteiger partial charge on any atom is -0.479 e. The minimum absolute atomic E-state index is 0.767. The number of benzene rings is 2. The maximum Gasteiger partial charge on any atom is 0.332 e. The number of hydrogen-bond donors (Lipinski definition) is 7. The van der Waals surface area contributed by atoms with E-state index >= 15 is 0 Å². The maximum atomic E-state index is 9.45. The molecule has 2 atom stereocenters. The van der Waals surface area contributed by atoms with Crippen molar-refractivity contribution in [2.45, 2.75) is 26.1 Å². The zero-order valence-electron chi connectivity index (χ0n) is 16.0. The molecule has 0 aliphatic carbocycles. The predicted octanol–water partition coefficient (Wildman–Crippen LogP) is 1.90. The minimum atomic E-state index is -1.23. The summed E-state index contributed by atoms with van der Waals surface area (Å²) >= 11 is 0. The largest absolute Gasteiger partial charge is 0.479 e. The summed E-state index contributed by atoms with van der Waals surface area (Å²) in [7, 11) is 0. The summed E-state index contributed by atoms with van der Waals surface area (Å²) in [6, 6.07) is 15.8. The Morgan fingerprint density at radius 3 is 1.72 bits per heavy atom. The third kappa shape index (κ3) is 7.91. The van der Waals surface area contributed by atoms with E-state index in [4.69, 9.17) is 31.9 Å². The fourth-order valence-corrected chi connectivity index (χ4v) is 1.96. The topological polar surface area (TPSA) is 183 Å². The van der Waals surface area contributed by atoms with Gasteiger partial charge in [-0.25, -0.2) is 9.59 Å². The molecule has 1 aromatic heterocycles. The van der Waals surface area contributed by atoms with Crippen LogP contribution in [0.3, 0.4) is 0 Å². The molecule has 1 heterocycles. The van der Waals surface area contributed by atoms with E-state index in [2.05, 4.69) is 11.1 Å². The number of aliphatic hydroxyl groups excluding tert-OH is 2. The van der Waals surface area contributed by atoms with Gasteiger partial charge < -0.3 is 36.9 Å². The first-order valence-electron chi connectivity index (χ1n) is 8.57. The van der Waals surface area contributed by atoms with E-state index in [1.807, 2.05) is 42.5 Å². The van der Waals surface area contributed by atoms with Gasteiger partial charge in [-0.3, -0.25) is 0 Å². The number of rotatable bonds is 3. The fraction of sp³-hybridized carbons (Fsp3) is 0.200. The van der Waals surface area contributed by atoms with E-state index in [1.165, 1.54) is 13.8 Å². The van der Waals surface area contributed by atoms with Crippen LogP contribution in [0.15, 0.2) is 48.5 Å². The van der Waals surface area contributed by atoms with E-state index in [0.29, 0.717) is 0 Å². The average Bonchev–Trinajstić information content (AvgIpc) is 3.06. The number of fused-ring (bicyclic) bond motifs is 1. The number of aliphatic carboxylic acids is 2. The number of H-pyrrole nitrogens is 1. The van der Waals surface area contributed by atoms with Crippen molar-refractivity contribution in [3.63, 3.8) is 0 Å². The molecule has 0 aliphatic heterocycles. The number of aliphatic hydroxyl groups is 2. The molecule has 0 bridgehead atoms.